The fraction of sp³-hybridized carbons (Fsp3) is 0.250. The van der Waals surface area contributed by atoms with Crippen molar-refractivity contribution in [2.75, 3.05) is 7.11 Å². The molecule has 0 aliphatic carbocycles. The zero-order chi connectivity index (χ0) is 18.9. The van der Waals surface area contributed by atoms with Crippen LogP contribution in [0.25, 0.3) is 21.8 Å². The lowest BCUT2D eigenvalue weighted by Gasteiger charge is -2.24. The molecule has 0 saturated heterocycles. The number of aromatic nitrogens is 1. The van der Waals surface area contributed by atoms with Crippen LogP contribution in [0.5, 0.6) is 0 Å². The van der Waals surface area contributed by atoms with E-state index in [0.29, 0.717) is 21.8 Å². The van der Waals surface area contributed by atoms with Crippen LogP contribution in [0.1, 0.15) is 13.8 Å². The second-order valence-electron chi connectivity index (χ2n) is 6.61. The van der Waals surface area contributed by atoms with E-state index in [1.807, 2.05) is 24.3 Å². The number of amides is 1. The molecule has 1 heterocycles. The van der Waals surface area contributed by atoms with E-state index >= 15 is 0 Å². The van der Waals surface area contributed by atoms with Gasteiger partial charge in [-0.1, -0.05) is 24.3 Å². The first-order valence-corrected chi connectivity index (χ1v) is 8.25. The molecule has 0 radical (unpaired) electrons. The number of esters is 1. The number of nitrogens with one attached hydrogen (secondary N) is 1. The maximum Gasteiger partial charge on any atom is 0.330 e. The maximum absolute atomic E-state index is 12.7. The predicted octanol–water partition coefficient (Wildman–Crippen LogP) is 2.22. The number of carbonyl (C=O) groups excluding carboxylic acids is 2. The summed E-state index contributed by atoms with van der Waals surface area (Å²) in [5.74, 6) is -0.875. The van der Waals surface area contributed by atoms with Crippen LogP contribution in [0.15, 0.2) is 53.3 Å². The molecule has 0 bridgehead atoms. The lowest BCUT2D eigenvalue weighted by molar-refractivity contribution is -0.149. The maximum atomic E-state index is 12.7. The largest absolute Gasteiger partial charge is 0.467 e. The molecule has 1 aromatic heterocycles. The van der Waals surface area contributed by atoms with Crippen molar-refractivity contribution in [1.29, 1.82) is 0 Å². The van der Waals surface area contributed by atoms with Crippen molar-refractivity contribution in [2.24, 2.45) is 0 Å². The van der Waals surface area contributed by atoms with Crippen molar-refractivity contribution in [1.82, 2.24) is 9.88 Å². The smallest absolute Gasteiger partial charge is 0.330 e. The van der Waals surface area contributed by atoms with Gasteiger partial charge in [0.25, 0.3) is 0 Å². The highest BCUT2D eigenvalue weighted by Gasteiger charge is 2.30. The SMILES string of the molecule is COC(=O)C(C)(C)NC(=O)Cn1c2ccccc2c(=O)c2ccccc21. The monoisotopic (exact) mass is 352 g/mol. The van der Waals surface area contributed by atoms with Gasteiger partial charge in [0.2, 0.25) is 5.91 Å². The van der Waals surface area contributed by atoms with Gasteiger partial charge in [-0.25, -0.2) is 4.79 Å². The molecule has 2 aromatic carbocycles. The van der Waals surface area contributed by atoms with Crippen LogP contribution in [-0.4, -0.2) is 29.1 Å². The van der Waals surface area contributed by atoms with Gasteiger partial charge in [-0.2, -0.15) is 0 Å². The number of hydrogen-bond acceptors (Lipinski definition) is 4. The molecule has 3 rings (SSSR count). The van der Waals surface area contributed by atoms with Crippen molar-refractivity contribution in [3.8, 4) is 0 Å². The summed E-state index contributed by atoms with van der Waals surface area (Å²) in [7, 11) is 1.28. The molecule has 0 aliphatic rings. The quantitative estimate of drug-likeness (QED) is 0.577. The van der Waals surface area contributed by atoms with Crippen LogP contribution >= 0.6 is 0 Å². The Kier molecular flexibility index (Phi) is 4.50. The van der Waals surface area contributed by atoms with Gasteiger partial charge < -0.3 is 14.6 Å². The third-order valence-electron chi connectivity index (χ3n) is 4.33. The molecular weight excluding hydrogens is 332 g/mol. The molecule has 1 amide bonds. The van der Waals surface area contributed by atoms with Gasteiger partial charge in [-0.05, 0) is 38.1 Å². The number of carbonyl (C=O) groups is 2. The molecule has 0 saturated carbocycles. The molecule has 1 N–H and O–H groups in total. The van der Waals surface area contributed by atoms with Gasteiger partial charge in [0.05, 0.1) is 18.1 Å². The summed E-state index contributed by atoms with van der Waals surface area (Å²) in [6.07, 6.45) is 0. The minimum Gasteiger partial charge on any atom is -0.467 e. The van der Waals surface area contributed by atoms with E-state index in [4.69, 9.17) is 4.74 Å². The van der Waals surface area contributed by atoms with Crippen molar-refractivity contribution in [2.45, 2.75) is 25.9 Å². The van der Waals surface area contributed by atoms with E-state index in [9.17, 15) is 14.4 Å². The first kappa shape index (κ1) is 17.7. The molecule has 0 unspecified atom stereocenters. The normalized spacial score (nSPS) is 11.5. The molecule has 26 heavy (non-hydrogen) atoms. The standard InChI is InChI=1S/C20H20N2O4/c1-20(2,19(25)26-3)21-17(23)12-22-15-10-6-4-8-13(15)18(24)14-9-5-7-11-16(14)22/h4-11H,12H2,1-3H3,(H,21,23). The fourth-order valence-electron chi connectivity index (χ4n) is 3.09. The highest BCUT2D eigenvalue weighted by Crippen LogP contribution is 2.19. The zero-order valence-corrected chi connectivity index (χ0v) is 14.9. The molecule has 6 heteroatoms. The van der Waals surface area contributed by atoms with Crippen LogP contribution in [0.3, 0.4) is 0 Å². The van der Waals surface area contributed by atoms with Crippen LogP contribution in [-0.2, 0) is 20.9 Å². The van der Waals surface area contributed by atoms with E-state index in [1.54, 1.807) is 42.7 Å². The van der Waals surface area contributed by atoms with Gasteiger partial charge in [0, 0.05) is 10.8 Å². The summed E-state index contributed by atoms with van der Waals surface area (Å²) in [4.78, 5) is 37.1. The highest BCUT2D eigenvalue weighted by molar-refractivity contribution is 5.95. The van der Waals surface area contributed by atoms with Crippen molar-refractivity contribution in [3.05, 3.63) is 58.8 Å². The highest BCUT2D eigenvalue weighted by atomic mass is 16.5. The number of fused-ring (bicyclic) bond motifs is 2. The van der Waals surface area contributed by atoms with E-state index in [2.05, 4.69) is 5.32 Å². The Morgan fingerprint density at radius 2 is 1.50 bits per heavy atom. The minimum atomic E-state index is -1.14. The average Bonchev–Trinajstić information content (AvgIpc) is 2.64. The van der Waals surface area contributed by atoms with Gasteiger partial charge in [-0.15, -0.1) is 0 Å². The Bertz CT molecular complexity index is 1010. The molecule has 134 valence electrons. The van der Waals surface area contributed by atoms with Crippen LogP contribution < -0.4 is 10.7 Å². The summed E-state index contributed by atoms with van der Waals surface area (Å²) in [6, 6.07) is 14.3. The van der Waals surface area contributed by atoms with Crippen molar-refractivity contribution in [3.63, 3.8) is 0 Å². The van der Waals surface area contributed by atoms with E-state index in [1.165, 1.54) is 7.11 Å². The Morgan fingerprint density at radius 3 is 2.00 bits per heavy atom. The Morgan fingerprint density at radius 1 is 1.00 bits per heavy atom. The zero-order valence-electron chi connectivity index (χ0n) is 14.9. The summed E-state index contributed by atoms with van der Waals surface area (Å²) in [6.45, 7) is 3.14. The third-order valence-corrected chi connectivity index (χ3v) is 4.33. The first-order valence-electron chi connectivity index (χ1n) is 8.25. The van der Waals surface area contributed by atoms with Crippen molar-refractivity contribution < 1.29 is 14.3 Å². The minimum absolute atomic E-state index is 0.0261. The van der Waals surface area contributed by atoms with Gasteiger partial charge >= 0.3 is 5.97 Å². The molecule has 3 aromatic rings. The summed E-state index contributed by atoms with van der Waals surface area (Å²) < 4.78 is 6.51. The fourth-order valence-corrected chi connectivity index (χ4v) is 3.09. The topological polar surface area (TPSA) is 77.4 Å². The van der Waals surface area contributed by atoms with Crippen LogP contribution in [0.2, 0.25) is 0 Å². The lowest BCUT2D eigenvalue weighted by Crippen LogP contribution is -2.51. The number of nitrogens with zero attached hydrogens (tertiary/aromatic N) is 1. The number of rotatable bonds is 4. The summed E-state index contributed by atoms with van der Waals surface area (Å²) >= 11 is 0. The third kappa shape index (κ3) is 3.06. The van der Waals surface area contributed by atoms with E-state index in [-0.39, 0.29) is 17.9 Å². The number of pyridine rings is 1. The van der Waals surface area contributed by atoms with Gasteiger partial charge in [0.1, 0.15) is 12.1 Å². The summed E-state index contributed by atoms with van der Waals surface area (Å²) in [5.41, 5.74) is 0.128. The predicted molar refractivity (Wildman–Crippen MR) is 100.0 cm³/mol. The first-order chi connectivity index (χ1) is 12.3. The summed E-state index contributed by atoms with van der Waals surface area (Å²) in [5, 5.41) is 3.78. The molecule has 6 nitrogen and oxygen atoms in total. The van der Waals surface area contributed by atoms with E-state index in [0.717, 1.165) is 0 Å². The molecule has 0 spiro atoms. The Balaban J connectivity index is 2.09. The number of hydrogen-bond donors (Lipinski definition) is 1. The van der Waals surface area contributed by atoms with Crippen LogP contribution in [0, 0.1) is 0 Å². The van der Waals surface area contributed by atoms with E-state index < -0.39 is 11.5 Å². The van der Waals surface area contributed by atoms with Gasteiger partial charge in [-0.3, -0.25) is 9.59 Å². The lowest BCUT2D eigenvalue weighted by atomic mass is 10.1. The number of ether oxygens (including phenoxy) is 1. The number of benzene rings is 2. The average molecular weight is 352 g/mol. The molecule has 0 atom stereocenters. The second-order valence-corrected chi connectivity index (χ2v) is 6.61. The molecular formula is C20H20N2O4. The van der Waals surface area contributed by atoms with Gasteiger partial charge in [0.15, 0.2) is 5.43 Å². The molecule has 0 fully saturated rings. The van der Waals surface area contributed by atoms with Crippen LogP contribution in [0.4, 0.5) is 0 Å². The Hall–Kier alpha value is -3.15. The number of methoxy groups -OCH3 is 1. The van der Waals surface area contributed by atoms with Crippen molar-refractivity contribution >= 4 is 33.7 Å². The second kappa shape index (κ2) is 6.63. The molecule has 0 aliphatic heterocycles. The number of para-hydroxylation sites is 2. The Labute approximate surface area is 150 Å².